The highest BCUT2D eigenvalue weighted by atomic mass is 35.5. The molecule has 0 radical (unpaired) electrons. The Bertz CT molecular complexity index is 1050. The molecule has 1 heterocycles. The van der Waals surface area contributed by atoms with Crippen molar-refractivity contribution in [1.82, 2.24) is 16.0 Å². The number of ether oxygens (including phenoxy) is 2. The summed E-state index contributed by atoms with van der Waals surface area (Å²) in [6, 6.07) is 9.11. The van der Waals surface area contributed by atoms with Crippen LogP contribution in [0.4, 0.5) is 4.39 Å². The van der Waals surface area contributed by atoms with Crippen molar-refractivity contribution in [2.24, 2.45) is 0 Å². The minimum absolute atomic E-state index is 0.0268. The van der Waals surface area contributed by atoms with Crippen molar-refractivity contribution < 1.29 is 23.5 Å². The number of nitrogens with one attached hydrogen (secondary N) is 3. The van der Waals surface area contributed by atoms with Gasteiger partial charge in [0.05, 0.1) is 5.02 Å². The average molecular weight is 496 g/mol. The van der Waals surface area contributed by atoms with Crippen LogP contribution in [0.3, 0.4) is 0 Å². The van der Waals surface area contributed by atoms with Crippen molar-refractivity contribution in [3.05, 3.63) is 70.1 Å². The second-order valence-corrected chi connectivity index (χ2v) is 8.27. The normalized spacial score (nSPS) is 16.8. The molecule has 2 amide bonds. The molecule has 176 valence electrons. The van der Waals surface area contributed by atoms with Crippen LogP contribution in [0.25, 0.3) is 0 Å². The molecule has 2 atom stereocenters. The molecule has 7 nitrogen and oxygen atoms in total. The highest BCUT2D eigenvalue weighted by molar-refractivity contribution is 6.31. The SMILES string of the molecule is C=C(CCNC(=O)COc1ccc(Cl)c(F)c1)NC(=O)C1CC(NC)c2cc(Cl)ccc2O1. The van der Waals surface area contributed by atoms with E-state index in [4.69, 9.17) is 32.7 Å². The lowest BCUT2D eigenvalue weighted by molar-refractivity contribution is -0.128. The smallest absolute Gasteiger partial charge is 0.265 e. The van der Waals surface area contributed by atoms with Gasteiger partial charge in [0.1, 0.15) is 17.3 Å². The summed E-state index contributed by atoms with van der Waals surface area (Å²) < 4.78 is 24.5. The van der Waals surface area contributed by atoms with Gasteiger partial charge >= 0.3 is 0 Å². The highest BCUT2D eigenvalue weighted by Crippen LogP contribution is 2.36. The van der Waals surface area contributed by atoms with Crippen molar-refractivity contribution >= 4 is 35.0 Å². The number of fused-ring (bicyclic) bond motifs is 1. The van der Waals surface area contributed by atoms with E-state index in [0.717, 1.165) is 11.6 Å². The van der Waals surface area contributed by atoms with Gasteiger partial charge in [-0.1, -0.05) is 29.8 Å². The fourth-order valence-corrected chi connectivity index (χ4v) is 3.61. The molecule has 2 aromatic carbocycles. The van der Waals surface area contributed by atoms with E-state index in [1.807, 2.05) is 13.1 Å². The second-order valence-electron chi connectivity index (χ2n) is 7.42. The molecular formula is C23H24Cl2FN3O4. The zero-order valence-electron chi connectivity index (χ0n) is 17.9. The van der Waals surface area contributed by atoms with E-state index < -0.39 is 17.8 Å². The van der Waals surface area contributed by atoms with Gasteiger partial charge in [0.2, 0.25) is 0 Å². The van der Waals surface area contributed by atoms with Crippen LogP contribution in [0.2, 0.25) is 10.0 Å². The van der Waals surface area contributed by atoms with Crippen molar-refractivity contribution in [2.75, 3.05) is 20.2 Å². The fraction of sp³-hybridized carbons (Fsp3) is 0.304. The van der Waals surface area contributed by atoms with Crippen LogP contribution >= 0.6 is 23.2 Å². The number of halogens is 3. The quantitative estimate of drug-likeness (QED) is 0.492. The summed E-state index contributed by atoms with van der Waals surface area (Å²) in [5.41, 5.74) is 1.34. The predicted molar refractivity (Wildman–Crippen MR) is 124 cm³/mol. The summed E-state index contributed by atoms with van der Waals surface area (Å²) >= 11 is 11.7. The lowest BCUT2D eigenvalue weighted by atomic mass is 9.96. The number of benzene rings is 2. The number of hydrogen-bond donors (Lipinski definition) is 3. The summed E-state index contributed by atoms with van der Waals surface area (Å²) in [6.45, 7) is 3.79. The standard InChI is InChI=1S/C23H24Cl2FN3O4/c1-13(7-8-28-22(30)12-32-15-4-5-17(25)18(26)10-15)29-23(31)21-11-19(27-2)16-9-14(24)3-6-20(16)33-21/h3-6,9-10,19,21,27H,1,7-8,11-12H2,2H3,(H,28,30)(H,29,31). The van der Waals surface area contributed by atoms with Crippen LogP contribution in [-0.4, -0.2) is 38.1 Å². The molecule has 0 saturated carbocycles. The van der Waals surface area contributed by atoms with Crippen LogP contribution in [0.1, 0.15) is 24.4 Å². The van der Waals surface area contributed by atoms with Crippen molar-refractivity contribution in [1.29, 1.82) is 0 Å². The molecule has 3 N–H and O–H groups in total. The maximum Gasteiger partial charge on any atom is 0.265 e. The zero-order valence-corrected chi connectivity index (χ0v) is 19.4. The molecule has 3 rings (SSSR count). The lowest BCUT2D eigenvalue weighted by Gasteiger charge is -2.31. The number of rotatable bonds is 9. The monoisotopic (exact) mass is 495 g/mol. The maximum atomic E-state index is 13.4. The molecule has 0 saturated heterocycles. The van der Waals surface area contributed by atoms with Crippen LogP contribution in [0.15, 0.2) is 48.7 Å². The molecule has 0 aliphatic carbocycles. The van der Waals surface area contributed by atoms with Crippen molar-refractivity contribution in [3.63, 3.8) is 0 Å². The van der Waals surface area contributed by atoms with Gasteiger partial charge in [-0.2, -0.15) is 0 Å². The van der Waals surface area contributed by atoms with E-state index in [0.29, 0.717) is 29.3 Å². The largest absolute Gasteiger partial charge is 0.484 e. The third-order valence-electron chi connectivity index (χ3n) is 5.02. The molecule has 0 fully saturated rings. The Hall–Kier alpha value is -2.81. The van der Waals surface area contributed by atoms with Gasteiger partial charge in [-0.25, -0.2) is 4.39 Å². The minimum Gasteiger partial charge on any atom is -0.484 e. The predicted octanol–water partition coefficient (Wildman–Crippen LogP) is 3.76. The molecule has 0 spiro atoms. The van der Waals surface area contributed by atoms with Crippen LogP contribution in [0, 0.1) is 5.82 Å². The van der Waals surface area contributed by atoms with Crippen LogP contribution in [0.5, 0.6) is 11.5 Å². The molecule has 2 unspecified atom stereocenters. The van der Waals surface area contributed by atoms with E-state index in [2.05, 4.69) is 22.5 Å². The molecular weight excluding hydrogens is 472 g/mol. The highest BCUT2D eigenvalue weighted by Gasteiger charge is 2.32. The average Bonchev–Trinajstić information content (AvgIpc) is 2.79. The first kappa shape index (κ1) is 24.8. The Labute approximate surface area is 201 Å². The Kier molecular flexibility index (Phi) is 8.55. The van der Waals surface area contributed by atoms with Gasteiger partial charge in [-0.3, -0.25) is 9.59 Å². The molecule has 2 aromatic rings. The molecule has 10 heteroatoms. The first-order valence-electron chi connectivity index (χ1n) is 10.2. The number of carbonyl (C=O) groups excluding carboxylic acids is 2. The second kappa shape index (κ2) is 11.4. The van der Waals surface area contributed by atoms with E-state index in [-0.39, 0.29) is 35.9 Å². The molecule has 1 aliphatic rings. The van der Waals surface area contributed by atoms with Crippen molar-refractivity contribution in [3.8, 4) is 11.5 Å². The fourth-order valence-electron chi connectivity index (χ4n) is 3.31. The van der Waals surface area contributed by atoms with E-state index in [1.165, 1.54) is 12.1 Å². The van der Waals surface area contributed by atoms with E-state index >= 15 is 0 Å². The van der Waals surface area contributed by atoms with Gasteiger partial charge in [0.15, 0.2) is 12.7 Å². The Morgan fingerprint density at radius 2 is 2.03 bits per heavy atom. The first-order chi connectivity index (χ1) is 15.8. The van der Waals surface area contributed by atoms with Gasteiger partial charge in [0.25, 0.3) is 11.8 Å². The van der Waals surface area contributed by atoms with Crippen molar-refractivity contribution in [2.45, 2.75) is 25.0 Å². The van der Waals surface area contributed by atoms with E-state index in [1.54, 1.807) is 12.1 Å². The minimum atomic E-state index is -0.698. The Balaban J connectivity index is 1.41. The third kappa shape index (κ3) is 6.83. The summed E-state index contributed by atoms with van der Waals surface area (Å²) in [5, 5.41) is 9.12. The van der Waals surface area contributed by atoms with Gasteiger partial charge in [-0.05, 0) is 37.4 Å². The summed E-state index contributed by atoms with van der Waals surface area (Å²) in [6.07, 6.45) is 0.0552. The topological polar surface area (TPSA) is 88.7 Å². The maximum absolute atomic E-state index is 13.4. The zero-order chi connectivity index (χ0) is 24.0. The molecule has 0 aromatic heterocycles. The molecule has 0 bridgehead atoms. The van der Waals surface area contributed by atoms with E-state index in [9.17, 15) is 14.0 Å². The van der Waals surface area contributed by atoms with Crippen LogP contribution in [-0.2, 0) is 9.59 Å². The first-order valence-corrected chi connectivity index (χ1v) is 11.0. The molecule has 1 aliphatic heterocycles. The third-order valence-corrected chi connectivity index (χ3v) is 5.56. The Morgan fingerprint density at radius 1 is 1.24 bits per heavy atom. The van der Waals surface area contributed by atoms with Gasteiger partial charge in [0, 0.05) is 47.8 Å². The number of amides is 2. The summed E-state index contributed by atoms with van der Waals surface area (Å²) in [7, 11) is 1.81. The Morgan fingerprint density at radius 3 is 2.76 bits per heavy atom. The summed E-state index contributed by atoms with van der Waals surface area (Å²) in [4.78, 5) is 24.6. The van der Waals surface area contributed by atoms with Crippen LogP contribution < -0.4 is 25.4 Å². The summed E-state index contributed by atoms with van der Waals surface area (Å²) in [5.74, 6) is -0.548. The van der Waals surface area contributed by atoms with Gasteiger partial charge in [-0.15, -0.1) is 0 Å². The molecule has 33 heavy (non-hydrogen) atoms. The van der Waals surface area contributed by atoms with Gasteiger partial charge < -0.3 is 25.4 Å². The number of carbonyl (C=O) groups is 2. The number of hydrogen-bond acceptors (Lipinski definition) is 5. The lowest BCUT2D eigenvalue weighted by Crippen LogP contribution is -2.43.